The molecule has 3 atom stereocenters. The summed E-state index contributed by atoms with van der Waals surface area (Å²) >= 11 is 4.43. The Morgan fingerprint density at radius 2 is 2.14 bits per heavy atom. The number of thiol groups is 1. The van der Waals surface area contributed by atoms with Crippen molar-refractivity contribution in [2.24, 2.45) is 11.8 Å². The summed E-state index contributed by atoms with van der Waals surface area (Å²) < 4.78 is 0. The topological polar surface area (TPSA) is 0 Å². The van der Waals surface area contributed by atoms with Crippen LogP contribution in [0.3, 0.4) is 0 Å². The molecule has 0 N–H and O–H groups in total. The molecule has 2 fully saturated rings. The van der Waals surface area contributed by atoms with E-state index in [4.69, 9.17) is 0 Å². The molecule has 0 heterocycles. The van der Waals surface area contributed by atoms with Gasteiger partial charge in [0.15, 0.2) is 0 Å². The third-order valence-corrected chi connectivity index (χ3v) is 2.95. The monoisotopic (exact) mass is 114 g/mol. The molecule has 0 aromatic rings. The van der Waals surface area contributed by atoms with Crippen LogP contribution < -0.4 is 0 Å². The van der Waals surface area contributed by atoms with Crippen molar-refractivity contribution in [2.75, 3.05) is 0 Å². The normalized spacial score (nSPS) is 57.0. The van der Waals surface area contributed by atoms with E-state index in [1.54, 1.807) is 0 Å². The molecule has 0 amide bonds. The number of rotatable bonds is 0. The highest BCUT2D eigenvalue weighted by Gasteiger charge is 2.46. The lowest BCUT2D eigenvalue weighted by Gasteiger charge is -1.97. The molecular weight excluding hydrogens is 104 g/mol. The molecule has 0 radical (unpaired) electrons. The fourth-order valence-corrected chi connectivity index (χ4v) is 2.19. The SMILES string of the molecule is SC1CCC2CC12. The summed E-state index contributed by atoms with van der Waals surface area (Å²) in [6.07, 6.45) is 4.35. The third-order valence-electron chi connectivity index (χ3n) is 2.30. The van der Waals surface area contributed by atoms with Gasteiger partial charge in [-0.2, -0.15) is 12.6 Å². The van der Waals surface area contributed by atoms with E-state index >= 15 is 0 Å². The van der Waals surface area contributed by atoms with E-state index in [-0.39, 0.29) is 0 Å². The van der Waals surface area contributed by atoms with E-state index in [0.29, 0.717) is 0 Å². The van der Waals surface area contributed by atoms with Crippen LogP contribution in [0.1, 0.15) is 19.3 Å². The number of hydrogen-bond donors (Lipinski definition) is 1. The highest BCUT2D eigenvalue weighted by atomic mass is 32.1. The van der Waals surface area contributed by atoms with Gasteiger partial charge in [0.2, 0.25) is 0 Å². The van der Waals surface area contributed by atoms with Crippen molar-refractivity contribution >= 4 is 12.6 Å². The molecule has 2 rings (SSSR count). The summed E-state index contributed by atoms with van der Waals surface area (Å²) in [5, 5.41) is 0.782. The first-order valence-electron chi connectivity index (χ1n) is 3.06. The molecule has 0 aromatic carbocycles. The van der Waals surface area contributed by atoms with Crippen molar-refractivity contribution in [3.05, 3.63) is 0 Å². The average molecular weight is 114 g/mol. The van der Waals surface area contributed by atoms with Crippen molar-refractivity contribution in [3.8, 4) is 0 Å². The summed E-state index contributed by atoms with van der Waals surface area (Å²) in [6.45, 7) is 0. The summed E-state index contributed by atoms with van der Waals surface area (Å²) in [5.74, 6) is 2.16. The minimum atomic E-state index is 0.782. The summed E-state index contributed by atoms with van der Waals surface area (Å²) in [7, 11) is 0. The molecule has 0 aromatic heterocycles. The van der Waals surface area contributed by atoms with Crippen LogP contribution >= 0.6 is 12.6 Å². The molecule has 0 nitrogen and oxygen atoms in total. The molecule has 2 aliphatic carbocycles. The predicted octanol–water partition coefficient (Wildman–Crippen LogP) is 1.71. The van der Waals surface area contributed by atoms with Gasteiger partial charge in [0, 0.05) is 5.25 Å². The van der Waals surface area contributed by atoms with Gasteiger partial charge < -0.3 is 0 Å². The maximum Gasteiger partial charge on any atom is 0.00479 e. The van der Waals surface area contributed by atoms with E-state index in [1.165, 1.54) is 19.3 Å². The Balaban J connectivity index is 2.08. The first kappa shape index (κ1) is 4.25. The van der Waals surface area contributed by atoms with Crippen LogP contribution in [0.15, 0.2) is 0 Å². The molecule has 3 unspecified atom stereocenters. The fraction of sp³-hybridized carbons (Fsp3) is 1.00. The van der Waals surface area contributed by atoms with Crippen molar-refractivity contribution in [2.45, 2.75) is 24.5 Å². The van der Waals surface area contributed by atoms with E-state index in [2.05, 4.69) is 12.6 Å². The number of fused-ring (bicyclic) bond motifs is 1. The Kier molecular flexibility index (Phi) is 0.724. The minimum Gasteiger partial charge on any atom is -0.176 e. The first-order chi connectivity index (χ1) is 3.38. The van der Waals surface area contributed by atoms with Gasteiger partial charge in [-0.25, -0.2) is 0 Å². The van der Waals surface area contributed by atoms with Crippen LogP contribution in [-0.4, -0.2) is 5.25 Å². The number of hydrogen-bond acceptors (Lipinski definition) is 1. The van der Waals surface area contributed by atoms with Crippen molar-refractivity contribution in [1.82, 2.24) is 0 Å². The van der Waals surface area contributed by atoms with Gasteiger partial charge in [-0.15, -0.1) is 0 Å². The van der Waals surface area contributed by atoms with Crippen molar-refractivity contribution in [3.63, 3.8) is 0 Å². The zero-order chi connectivity index (χ0) is 4.85. The van der Waals surface area contributed by atoms with E-state index < -0.39 is 0 Å². The predicted molar refractivity (Wildman–Crippen MR) is 33.6 cm³/mol. The van der Waals surface area contributed by atoms with Gasteiger partial charge in [0.1, 0.15) is 0 Å². The van der Waals surface area contributed by atoms with Crippen LogP contribution in [0, 0.1) is 11.8 Å². The molecule has 0 aliphatic heterocycles. The van der Waals surface area contributed by atoms with Gasteiger partial charge >= 0.3 is 0 Å². The molecule has 0 spiro atoms. The highest BCUT2D eigenvalue weighted by molar-refractivity contribution is 7.81. The van der Waals surface area contributed by atoms with Gasteiger partial charge in [-0.1, -0.05) is 0 Å². The zero-order valence-corrected chi connectivity index (χ0v) is 5.20. The smallest absolute Gasteiger partial charge is 0.00479 e. The molecule has 0 saturated heterocycles. The zero-order valence-electron chi connectivity index (χ0n) is 4.30. The third kappa shape index (κ3) is 0.510. The Bertz CT molecular complexity index is 90.2. The maximum absolute atomic E-state index is 4.43. The van der Waals surface area contributed by atoms with Crippen LogP contribution in [0.5, 0.6) is 0 Å². The van der Waals surface area contributed by atoms with Crippen molar-refractivity contribution in [1.29, 1.82) is 0 Å². The Labute approximate surface area is 49.7 Å². The van der Waals surface area contributed by atoms with Crippen LogP contribution in [0.25, 0.3) is 0 Å². The second kappa shape index (κ2) is 1.19. The highest BCUT2D eigenvalue weighted by Crippen LogP contribution is 2.53. The Hall–Kier alpha value is 0.350. The average Bonchev–Trinajstić information content (AvgIpc) is 2.33. The standard InChI is InChI=1S/C6H10S/c7-6-2-1-4-3-5(4)6/h4-7H,1-3H2. The van der Waals surface area contributed by atoms with Gasteiger partial charge in [-0.3, -0.25) is 0 Å². The molecule has 40 valence electrons. The fourth-order valence-electron chi connectivity index (χ4n) is 1.67. The minimum absolute atomic E-state index is 0.782. The lowest BCUT2D eigenvalue weighted by Crippen LogP contribution is -1.92. The van der Waals surface area contributed by atoms with Gasteiger partial charge in [-0.05, 0) is 31.1 Å². The lowest BCUT2D eigenvalue weighted by molar-refractivity contribution is 0.751. The molecular formula is C6H10S. The summed E-state index contributed by atoms with van der Waals surface area (Å²) in [6, 6.07) is 0. The molecule has 0 bridgehead atoms. The Morgan fingerprint density at radius 1 is 1.29 bits per heavy atom. The molecule has 1 heteroatoms. The maximum atomic E-state index is 4.43. The first-order valence-corrected chi connectivity index (χ1v) is 3.57. The molecule has 7 heavy (non-hydrogen) atoms. The summed E-state index contributed by atoms with van der Waals surface area (Å²) in [4.78, 5) is 0. The quantitative estimate of drug-likeness (QED) is 0.455. The van der Waals surface area contributed by atoms with Crippen LogP contribution in [0.4, 0.5) is 0 Å². The second-order valence-corrected chi connectivity index (χ2v) is 3.47. The molecule has 2 saturated carbocycles. The van der Waals surface area contributed by atoms with Crippen LogP contribution in [0.2, 0.25) is 0 Å². The largest absolute Gasteiger partial charge is 0.176 e. The van der Waals surface area contributed by atoms with Crippen molar-refractivity contribution < 1.29 is 0 Å². The van der Waals surface area contributed by atoms with Gasteiger partial charge in [0.25, 0.3) is 0 Å². The van der Waals surface area contributed by atoms with Gasteiger partial charge in [0.05, 0.1) is 0 Å². The van der Waals surface area contributed by atoms with Crippen LogP contribution in [-0.2, 0) is 0 Å². The van der Waals surface area contributed by atoms with E-state index in [1.807, 2.05) is 0 Å². The summed E-state index contributed by atoms with van der Waals surface area (Å²) in [5.41, 5.74) is 0. The second-order valence-electron chi connectivity index (χ2n) is 2.80. The Morgan fingerprint density at radius 3 is 2.29 bits per heavy atom. The molecule has 2 aliphatic rings. The van der Waals surface area contributed by atoms with E-state index in [0.717, 1.165) is 17.1 Å². The lowest BCUT2D eigenvalue weighted by atomic mass is 10.2. The van der Waals surface area contributed by atoms with E-state index in [9.17, 15) is 0 Å².